The van der Waals surface area contributed by atoms with E-state index in [1.165, 1.54) is 0 Å². The van der Waals surface area contributed by atoms with Gasteiger partial charge in [-0.2, -0.15) is 0 Å². The Morgan fingerprint density at radius 3 is 2.52 bits per heavy atom. The summed E-state index contributed by atoms with van der Waals surface area (Å²) in [6.07, 6.45) is 1.08. The molecule has 0 heterocycles. The first-order chi connectivity index (χ1) is 12.8. The van der Waals surface area contributed by atoms with E-state index in [-0.39, 0.29) is 12.5 Å². The molecule has 2 rings (SSSR count). The zero-order chi connectivity index (χ0) is 19.9. The van der Waals surface area contributed by atoms with Gasteiger partial charge in [-0.3, -0.25) is 9.10 Å². The lowest BCUT2D eigenvalue weighted by molar-refractivity contribution is -0.119. The van der Waals surface area contributed by atoms with Gasteiger partial charge in [0.2, 0.25) is 15.9 Å². The highest BCUT2D eigenvalue weighted by molar-refractivity contribution is 9.10. The van der Waals surface area contributed by atoms with E-state index < -0.39 is 10.0 Å². The fourth-order valence-electron chi connectivity index (χ4n) is 2.40. The van der Waals surface area contributed by atoms with Crippen molar-refractivity contribution in [3.05, 3.63) is 64.1 Å². The summed E-state index contributed by atoms with van der Waals surface area (Å²) in [4.78, 5) is 12.2. The fraction of sp³-hybridized carbons (Fsp3) is 0.316. The van der Waals surface area contributed by atoms with Crippen LogP contribution < -0.4 is 9.62 Å². The van der Waals surface area contributed by atoms with Crippen LogP contribution in [0.5, 0.6) is 0 Å². The van der Waals surface area contributed by atoms with E-state index in [1.807, 2.05) is 37.3 Å². The second-order valence-corrected chi connectivity index (χ2v) is 8.85. The lowest BCUT2D eigenvalue weighted by atomic mass is 10.2. The molecule has 146 valence electrons. The molecular weight excluding hydrogens is 432 g/mol. The highest BCUT2D eigenvalue weighted by atomic mass is 79.9. The van der Waals surface area contributed by atoms with Crippen molar-refractivity contribution < 1.29 is 17.9 Å². The Kier molecular flexibility index (Phi) is 7.82. The summed E-state index contributed by atoms with van der Waals surface area (Å²) in [5.41, 5.74) is 2.39. The molecule has 2 aromatic carbocycles. The molecule has 0 aliphatic rings. The third-order valence-corrected chi connectivity index (χ3v) is 5.83. The number of hydrogen-bond acceptors (Lipinski definition) is 4. The van der Waals surface area contributed by atoms with Crippen molar-refractivity contribution in [2.24, 2.45) is 0 Å². The number of rotatable bonds is 9. The van der Waals surface area contributed by atoms with E-state index in [1.54, 1.807) is 18.2 Å². The molecule has 0 bridgehead atoms. The van der Waals surface area contributed by atoms with Gasteiger partial charge in [0.15, 0.2) is 0 Å². The van der Waals surface area contributed by atoms with Crippen LogP contribution in [0, 0.1) is 6.92 Å². The molecule has 1 N–H and O–H groups in total. The maximum atomic E-state index is 12.2. The number of hydrogen-bond donors (Lipinski definition) is 1. The van der Waals surface area contributed by atoms with Crippen LogP contribution in [0.25, 0.3) is 0 Å². The van der Waals surface area contributed by atoms with Gasteiger partial charge >= 0.3 is 0 Å². The molecule has 2 aromatic rings. The molecule has 0 aromatic heterocycles. The third kappa shape index (κ3) is 6.97. The van der Waals surface area contributed by atoms with Crippen LogP contribution in [-0.2, 0) is 26.2 Å². The largest absolute Gasteiger partial charge is 0.375 e. The van der Waals surface area contributed by atoms with Gasteiger partial charge in [-0.1, -0.05) is 46.3 Å². The molecule has 0 unspecified atom stereocenters. The quantitative estimate of drug-likeness (QED) is 0.591. The van der Waals surface area contributed by atoms with E-state index in [0.717, 1.165) is 26.2 Å². The van der Waals surface area contributed by atoms with Gasteiger partial charge in [-0.15, -0.1) is 0 Å². The summed E-state index contributed by atoms with van der Waals surface area (Å²) >= 11 is 3.38. The number of sulfonamides is 1. The Bertz CT molecular complexity index is 873. The zero-order valence-corrected chi connectivity index (χ0v) is 17.7. The number of carbonyl (C=O) groups excluding carboxylic acids is 1. The summed E-state index contributed by atoms with van der Waals surface area (Å²) in [6.45, 7) is 2.70. The molecule has 0 radical (unpaired) electrons. The third-order valence-electron chi connectivity index (χ3n) is 3.80. The van der Waals surface area contributed by atoms with Crippen LogP contribution >= 0.6 is 15.9 Å². The summed E-state index contributed by atoms with van der Waals surface area (Å²) < 4.78 is 31.7. The number of nitrogens with zero attached hydrogens (tertiary/aromatic N) is 1. The molecule has 0 spiro atoms. The lowest BCUT2D eigenvalue weighted by Crippen LogP contribution is -2.41. The van der Waals surface area contributed by atoms with Gasteiger partial charge in [-0.25, -0.2) is 8.42 Å². The molecule has 0 fully saturated rings. The molecular formula is C19H23BrN2O4S. The Labute approximate surface area is 168 Å². The zero-order valence-electron chi connectivity index (χ0n) is 15.3. The molecule has 0 saturated carbocycles. The van der Waals surface area contributed by atoms with Crippen LogP contribution in [0.15, 0.2) is 53.0 Å². The monoisotopic (exact) mass is 454 g/mol. The number of ether oxygens (including phenoxy) is 1. The molecule has 0 atom stereocenters. The van der Waals surface area contributed by atoms with Crippen molar-refractivity contribution >= 4 is 37.5 Å². The predicted octanol–water partition coefficient (Wildman–Crippen LogP) is 2.86. The first-order valence-electron chi connectivity index (χ1n) is 8.39. The van der Waals surface area contributed by atoms with Gasteiger partial charge in [0.25, 0.3) is 0 Å². The summed E-state index contributed by atoms with van der Waals surface area (Å²) in [5, 5.41) is 2.69. The number of anilines is 1. The molecule has 0 saturated heterocycles. The van der Waals surface area contributed by atoms with Gasteiger partial charge < -0.3 is 10.1 Å². The number of benzene rings is 2. The van der Waals surface area contributed by atoms with Crippen LogP contribution in [0.1, 0.15) is 11.1 Å². The van der Waals surface area contributed by atoms with Crippen molar-refractivity contribution in [3.8, 4) is 0 Å². The fourth-order valence-corrected chi connectivity index (χ4v) is 3.49. The van der Waals surface area contributed by atoms with Crippen molar-refractivity contribution in [1.29, 1.82) is 0 Å². The van der Waals surface area contributed by atoms with E-state index in [0.29, 0.717) is 25.4 Å². The summed E-state index contributed by atoms with van der Waals surface area (Å²) in [6, 6.07) is 14.9. The van der Waals surface area contributed by atoms with Gasteiger partial charge in [0.1, 0.15) is 6.54 Å². The Hall–Kier alpha value is -1.90. The predicted molar refractivity (Wildman–Crippen MR) is 110 cm³/mol. The van der Waals surface area contributed by atoms with Gasteiger partial charge in [-0.05, 0) is 36.2 Å². The first-order valence-corrected chi connectivity index (χ1v) is 11.0. The molecule has 6 nitrogen and oxygen atoms in total. The average Bonchev–Trinajstić information content (AvgIpc) is 2.62. The maximum absolute atomic E-state index is 12.2. The molecule has 27 heavy (non-hydrogen) atoms. The Morgan fingerprint density at radius 2 is 1.89 bits per heavy atom. The minimum absolute atomic E-state index is 0.279. The van der Waals surface area contributed by atoms with Crippen molar-refractivity contribution in [2.75, 3.05) is 30.3 Å². The van der Waals surface area contributed by atoms with E-state index in [9.17, 15) is 13.2 Å². The number of nitrogens with one attached hydrogen (secondary N) is 1. The molecule has 8 heteroatoms. The van der Waals surface area contributed by atoms with E-state index in [4.69, 9.17) is 4.74 Å². The van der Waals surface area contributed by atoms with Crippen LogP contribution in [0.2, 0.25) is 0 Å². The Balaban J connectivity index is 1.86. The van der Waals surface area contributed by atoms with E-state index in [2.05, 4.69) is 21.2 Å². The maximum Gasteiger partial charge on any atom is 0.240 e. The topological polar surface area (TPSA) is 75.7 Å². The standard InChI is InChI=1S/C19H23BrN2O4S/c1-15-12-17(8-9-18(15)20)22(27(2,24)25)13-19(23)21-10-11-26-14-16-6-4-3-5-7-16/h3-9,12H,10-11,13-14H2,1-2H3,(H,21,23). The SMILES string of the molecule is Cc1cc(N(CC(=O)NCCOCc2ccccc2)S(C)(=O)=O)ccc1Br. The second kappa shape index (κ2) is 9.87. The summed E-state index contributed by atoms with van der Waals surface area (Å²) in [7, 11) is -3.59. The second-order valence-electron chi connectivity index (χ2n) is 6.09. The minimum Gasteiger partial charge on any atom is -0.375 e. The van der Waals surface area contributed by atoms with Gasteiger partial charge in [0.05, 0.1) is 25.2 Å². The van der Waals surface area contributed by atoms with Crippen molar-refractivity contribution in [3.63, 3.8) is 0 Å². The first kappa shape index (κ1) is 21.4. The number of carbonyl (C=O) groups is 1. The number of halogens is 1. The lowest BCUT2D eigenvalue weighted by Gasteiger charge is -2.22. The number of aryl methyl sites for hydroxylation is 1. The highest BCUT2D eigenvalue weighted by Gasteiger charge is 2.21. The van der Waals surface area contributed by atoms with E-state index >= 15 is 0 Å². The minimum atomic E-state index is -3.59. The molecule has 0 aliphatic carbocycles. The molecule has 0 aliphatic heterocycles. The van der Waals surface area contributed by atoms with Crippen LogP contribution in [0.4, 0.5) is 5.69 Å². The van der Waals surface area contributed by atoms with Crippen molar-refractivity contribution in [1.82, 2.24) is 5.32 Å². The summed E-state index contributed by atoms with van der Waals surface area (Å²) in [5.74, 6) is -0.385. The normalized spacial score (nSPS) is 11.2. The molecule has 1 amide bonds. The highest BCUT2D eigenvalue weighted by Crippen LogP contribution is 2.24. The van der Waals surface area contributed by atoms with Gasteiger partial charge in [0, 0.05) is 11.0 Å². The van der Waals surface area contributed by atoms with Crippen LogP contribution in [0.3, 0.4) is 0 Å². The number of amides is 1. The average molecular weight is 455 g/mol. The van der Waals surface area contributed by atoms with Crippen LogP contribution in [-0.4, -0.2) is 40.3 Å². The van der Waals surface area contributed by atoms with Crippen molar-refractivity contribution in [2.45, 2.75) is 13.5 Å². The smallest absolute Gasteiger partial charge is 0.240 e. The Morgan fingerprint density at radius 1 is 1.19 bits per heavy atom.